The second kappa shape index (κ2) is 4.10. The zero-order valence-corrected chi connectivity index (χ0v) is 9.49. The molecule has 1 aliphatic heterocycles. The Bertz CT molecular complexity index is 536. The van der Waals surface area contributed by atoms with Crippen molar-refractivity contribution in [3.63, 3.8) is 0 Å². The van der Waals surface area contributed by atoms with E-state index in [9.17, 15) is 0 Å². The molecule has 0 atom stereocenters. The second-order valence-electron chi connectivity index (χ2n) is 3.86. The van der Waals surface area contributed by atoms with Crippen molar-refractivity contribution in [2.24, 2.45) is 0 Å². The van der Waals surface area contributed by atoms with E-state index in [1.165, 1.54) is 0 Å². The van der Waals surface area contributed by atoms with Gasteiger partial charge in [0.2, 0.25) is 6.79 Å². The van der Waals surface area contributed by atoms with Crippen molar-refractivity contribution >= 4 is 0 Å². The summed E-state index contributed by atoms with van der Waals surface area (Å²) in [7, 11) is 1.90. The van der Waals surface area contributed by atoms with E-state index in [0.29, 0.717) is 6.79 Å². The number of hydrogen-bond donors (Lipinski definition) is 2. The average Bonchev–Trinajstić information content (AvgIpc) is 2.96. The van der Waals surface area contributed by atoms with Crippen LogP contribution in [-0.4, -0.2) is 23.8 Å². The molecule has 1 aromatic heterocycles. The van der Waals surface area contributed by atoms with Gasteiger partial charge in [0.05, 0.1) is 0 Å². The Morgan fingerprint density at radius 3 is 3.12 bits per heavy atom. The van der Waals surface area contributed by atoms with Crippen LogP contribution in [0.3, 0.4) is 0 Å². The Balaban J connectivity index is 1.92. The van der Waals surface area contributed by atoms with Crippen LogP contribution in [0.25, 0.3) is 11.4 Å². The number of nitrogens with zero attached hydrogens (tertiary/aromatic N) is 1. The van der Waals surface area contributed by atoms with Crippen molar-refractivity contribution in [1.82, 2.24) is 15.3 Å². The summed E-state index contributed by atoms with van der Waals surface area (Å²) in [4.78, 5) is 7.59. The number of hydrogen-bond acceptors (Lipinski definition) is 4. The number of nitrogens with one attached hydrogen (secondary N) is 2. The third kappa shape index (κ3) is 1.85. The van der Waals surface area contributed by atoms with Crippen LogP contribution in [0.5, 0.6) is 11.5 Å². The monoisotopic (exact) mass is 231 g/mol. The quantitative estimate of drug-likeness (QED) is 0.841. The van der Waals surface area contributed by atoms with Gasteiger partial charge in [0.15, 0.2) is 11.5 Å². The maximum Gasteiger partial charge on any atom is 0.231 e. The fraction of sp³-hybridized carbons (Fsp3) is 0.250. The Labute approximate surface area is 98.8 Å². The van der Waals surface area contributed by atoms with E-state index in [0.717, 1.165) is 35.1 Å². The van der Waals surface area contributed by atoms with E-state index in [1.807, 2.05) is 31.4 Å². The number of benzene rings is 1. The van der Waals surface area contributed by atoms with Crippen molar-refractivity contribution in [1.29, 1.82) is 0 Å². The Morgan fingerprint density at radius 1 is 1.35 bits per heavy atom. The van der Waals surface area contributed by atoms with Crippen LogP contribution in [0, 0.1) is 0 Å². The topological polar surface area (TPSA) is 59.2 Å². The molecule has 0 aliphatic carbocycles. The fourth-order valence-electron chi connectivity index (χ4n) is 1.83. The molecular weight excluding hydrogens is 218 g/mol. The average molecular weight is 231 g/mol. The van der Waals surface area contributed by atoms with Gasteiger partial charge in [-0.05, 0) is 25.2 Å². The van der Waals surface area contributed by atoms with Crippen LogP contribution in [0.15, 0.2) is 24.4 Å². The Morgan fingerprint density at radius 2 is 2.24 bits per heavy atom. The highest BCUT2D eigenvalue weighted by Crippen LogP contribution is 2.35. The lowest BCUT2D eigenvalue weighted by Crippen LogP contribution is -2.04. The summed E-state index contributed by atoms with van der Waals surface area (Å²) in [5, 5.41) is 3.07. The number of rotatable bonds is 3. The minimum atomic E-state index is 0.294. The van der Waals surface area contributed by atoms with Gasteiger partial charge in [-0.3, -0.25) is 0 Å². The molecule has 0 saturated carbocycles. The van der Waals surface area contributed by atoms with E-state index in [1.54, 1.807) is 0 Å². The van der Waals surface area contributed by atoms with E-state index < -0.39 is 0 Å². The molecule has 5 nitrogen and oxygen atoms in total. The van der Waals surface area contributed by atoms with E-state index >= 15 is 0 Å². The van der Waals surface area contributed by atoms with Gasteiger partial charge < -0.3 is 19.8 Å². The predicted octanol–water partition coefficient (Wildman–Crippen LogP) is 1.52. The zero-order valence-electron chi connectivity index (χ0n) is 9.49. The lowest BCUT2D eigenvalue weighted by Gasteiger charge is -1.99. The number of aromatic amines is 1. The van der Waals surface area contributed by atoms with E-state index in [2.05, 4.69) is 15.3 Å². The molecule has 88 valence electrons. The molecule has 2 heterocycles. The van der Waals surface area contributed by atoms with Gasteiger partial charge in [0, 0.05) is 24.0 Å². The van der Waals surface area contributed by atoms with E-state index in [4.69, 9.17) is 9.47 Å². The van der Waals surface area contributed by atoms with Crippen molar-refractivity contribution in [3.8, 4) is 22.9 Å². The summed E-state index contributed by atoms with van der Waals surface area (Å²) in [6.07, 6.45) is 1.83. The third-order valence-electron chi connectivity index (χ3n) is 2.64. The van der Waals surface area contributed by atoms with Crippen LogP contribution in [-0.2, 0) is 6.54 Å². The molecule has 0 amide bonds. The normalized spacial score (nSPS) is 13.0. The summed E-state index contributed by atoms with van der Waals surface area (Å²) in [6.45, 7) is 1.07. The lowest BCUT2D eigenvalue weighted by molar-refractivity contribution is 0.174. The zero-order chi connectivity index (χ0) is 11.7. The first kappa shape index (κ1) is 10.2. The molecule has 0 radical (unpaired) electrons. The minimum Gasteiger partial charge on any atom is -0.454 e. The summed E-state index contributed by atoms with van der Waals surface area (Å²) in [6, 6.07) is 5.80. The molecule has 3 rings (SSSR count). The summed E-state index contributed by atoms with van der Waals surface area (Å²) < 4.78 is 10.6. The third-order valence-corrected chi connectivity index (χ3v) is 2.64. The van der Waals surface area contributed by atoms with Gasteiger partial charge in [-0.1, -0.05) is 0 Å². The van der Waals surface area contributed by atoms with Crippen LogP contribution in [0.2, 0.25) is 0 Å². The number of ether oxygens (including phenoxy) is 2. The summed E-state index contributed by atoms with van der Waals surface area (Å²) >= 11 is 0. The van der Waals surface area contributed by atoms with Gasteiger partial charge in [-0.15, -0.1) is 0 Å². The van der Waals surface area contributed by atoms with Gasteiger partial charge in [-0.25, -0.2) is 4.98 Å². The van der Waals surface area contributed by atoms with Crippen molar-refractivity contribution in [2.45, 2.75) is 6.54 Å². The Hall–Kier alpha value is -2.01. The highest BCUT2D eigenvalue weighted by Gasteiger charge is 2.14. The number of aromatic nitrogens is 2. The molecule has 0 fully saturated rings. The number of H-pyrrole nitrogens is 1. The smallest absolute Gasteiger partial charge is 0.231 e. The number of fused-ring (bicyclic) bond motifs is 1. The van der Waals surface area contributed by atoms with Crippen LogP contribution < -0.4 is 14.8 Å². The molecule has 2 N–H and O–H groups in total. The SMILES string of the molecule is CNCc1cnc(-c2ccc3c(c2)OCO3)[nH]1. The van der Waals surface area contributed by atoms with Gasteiger partial charge in [0.25, 0.3) is 0 Å². The lowest BCUT2D eigenvalue weighted by atomic mass is 10.2. The first-order valence-corrected chi connectivity index (χ1v) is 5.45. The molecule has 0 saturated heterocycles. The molecule has 2 aromatic rings. The molecule has 1 aliphatic rings. The highest BCUT2D eigenvalue weighted by molar-refractivity contribution is 5.61. The van der Waals surface area contributed by atoms with Gasteiger partial charge >= 0.3 is 0 Å². The molecule has 1 aromatic carbocycles. The maximum absolute atomic E-state index is 5.34. The largest absolute Gasteiger partial charge is 0.454 e. The van der Waals surface area contributed by atoms with Crippen molar-refractivity contribution in [2.75, 3.05) is 13.8 Å². The maximum atomic E-state index is 5.34. The molecule has 17 heavy (non-hydrogen) atoms. The van der Waals surface area contributed by atoms with Crippen molar-refractivity contribution in [3.05, 3.63) is 30.1 Å². The van der Waals surface area contributed by atoms with Crippen LogP contribution in [0.1, 0.15) is 5.69 Å². The minimum absolute atomic E-state index is 0.294. The molecule has 0 bridgehead atoms. The fourth-order valence-corrected chi connectivity index (χ4v) is 1.83. The van der Waals surface area contributed by atoms with Crippen LogP contribution >= 0.6 is 0 Å². The highest BCUT2D eigenvalue weighted by atomic mass is 16.7. The molecular formula is C12H13N3O2. The summed E-state index contributed by atoms with van der Waals surface area (Å²) in [5.41, 5.74) is 2.05. The standard InChI is InChI=1S/C12H13N3O2/c1-13-5-9-6-14-12(15-9)8-2-3-10-11(4-8)17-7-16-10/h2-4,6,13H,5,7H2,1H3,(H,14,15). The second-order valence-corrected chi connectivity index (χ2v) is 3.86. The first-order chi connectivity index (χ1) is 8.36. The van der Waals surface area contributed by atoms with E-state index in [-0.39, 0.29) is 0 Å². The summed E-state index contributed by atoms with van der Waals surface area (Å²) in [5.74, 6) is 2.40. The molecule has 5 heteroatoms. The Kier molecular flexibility index (Phi) is 2.45. The number of imidazole rings is 1. The molecule has 0 spiro atoms. The first-order valence-electron chi connectivity index (χ1n) is 5.45. The van der Waals surface area contributed by atoms with Gasteiger partial charge in [0.1, 0.15) is 5.82 Å². The van der Waals surface area contributed by atoms with Crippen molar-refractivity contribution < 1.29 is 9.47 Å². The predicted molar refractivity (Wildman–Crippen MR) is 62.9 cm³/mol. The van der Waals surface area contributed by atoms with Crippen LogP contribution in [0.4, 0.5) is 0 Å². The molecule has 0 unspecified atom stereocenters. The van der Waals surface area contributed by atoms with Gasteiger partial charge in [-0.2, -0.15) is 0 Å².